The second kappa shape index (κ2) is 9.57. The number of pyridine rings is 1. The summed E-state index contributed by atoms with van der Waals surface area (Å²) in [7, 11) is 1.81. The SMILES string of the molecule is Cn1nccc1-c1cnn(C(Cn2cc(F)cn2)c2ccc(-c3c(C(F)F)ccc(Cl)c3F)cn2)c1. The zero-order valence-corrected chi connectivity index (χ0v) is 19.5. The fourth-order valence-corrected chi connectivity index (χ4v) is 4.17. The molecule has 4 heterocycles. The molecule has 0 spiro atoms. The van der Waals surface area contributed by atoms with Gasteiger partial charge in [0.25, 0.3) is 6.43 Å². The Morgan fingerprint density at radius 3 is 2.39 bits per heavy atom. The predicted molar refractivity (Wildman–Crippen MR) is 124 cm³/mol. The lowest BCUT2D eigenvalue weighted by Gasteiger charge is -2.18. The quantitative estimate of drug-likeness (QED) is 0.261. The van der Waals surface area contributed by atoms with E-state index in [0.29, 0.717) is 5.69 Å². The fourth-order valence-electron chi connectivity index (χ4n) is 4.02. The van der Waals surface area contributed by atoms with Gasteiger partial charge in [-0.2, -0.15) is 15.3 Å². The molecule has 5 aromatic rings. The minimum atomic E-state index is -2.90. The van der Waals surface area contributed by atoms with Crippen molar-refractivity contribution in [1.29, 1.82) is 0 Å². The molecule has 4 aromatic heterocycles. The molecule has 184 valence electrons. The summed E-state index contributed by atoms with van der Waals surface area (Å²) in [6.07, 6.45) is 5.86. The van der Waals surface area contributed by atoms with E-state index in [1.54, 1.807) is 41.1 Å². The summed E-state index contributed by atoms with van der Waals surface area (Å²) < 4.78 is 60.2. The lowest BCUT2D eigenvalue weighted by atomic mass is 9.99. The van der Waals surface area contributed by atoms with Crippen molar-refractivity contribution in [3.63, 3.8) is 0 Å². The molecule has 12 heteroatoms. The van der Waals surface area contributed by atoms with Crippen molar-refractivity contribution in [3.8, 4) is 22.4 Å². The Kier molecular flexibility index (Phi) is 6.31. The van der Waals surface area contributed by atoms with Crippen LogP contribution in [0.5, 0.6) is 0 Å². The molecule has 5 rings (SSSR count). The van der Waals surface area contributed by atoms with Crippen molar-refractivity contribution in [2.45, 2.75) is 19.0 Å². The zero-order valence-electron chi connectivity index (χ0n) is 18.7. The topological polar surface area (TPSA) is 66.3 Å². The second-order valence-electron chi connectivity index (χ2n) is 8.04. The average molecular weight is 516 g/mol. The number of rotatable bonds is 7. The van der Waals surface area contributed by atoms with Crippen molar-refractivity contribution in [2.75, 3.05) is 0 Å². The van der Waals surface area contributed by atoms with Gasteiger partial charge in [0.05, 0.1) is 41.5 Å². The molecule has 1 atom stereocenters. The molecule has 1 aromatic carbocycles. The highest BCUT2D eigenvalue weighted by atomic mass is 35.5. The summed E-state index contributed by atoms with van der Waals surface area (Å²) >= 11 is 5.85. The van der Waals surface area contributed by atoms with Gasteiger partial charge in [-0.15, -0.1) is 0 Å². The highest BCUT2D eigenvalue weighted by molar-refractivity contribution is 6.31. The van der Waals surface area contributed by atoms with Gasteiger partial charge in [0.1, 0.15) is 11.9 Å². The molecule has 0 amide bonds. The molecule has 0 aliphatic carbocycles. The molecule has 7 nitrogen and oxygen atoms in total. The number of hydrogen-bond acceptors (Lipinski definition) is 4. The van der Waals surface area contributed by atoms with Gasteiger partial charge in [-0.25, -0.2) is 17.6 Å². The average Bonchev–Trinajstić information content (AvgIpc) is 3.60. The van der Waals surface area contributed by atoms with E-state index < -0.39 is 29.7 Å². The third-order valence-electron chi connectivity index (χ3n) is 5.78. The molecule has 0 radical (unpaired) electrons. The van der Waals surface area contributed by atoms with Gasteiger partial charge >= 0.3 is 0 Å². The van der Waals surface area contributed by atoms with E-state index in [9.17, 15) is 17.6 Å². The summed E-state index contributed by atoms with van der Waals surface area (Å²) in [6, 6.07) is 6.57. The van der Waals surface area contributed by atoms with E-state index in [1.807, 2.05) is 6.07 Å². The maximum absolute atomic E-state index is 14.7. The van der Waals surface area contributed by atoms with E-state index in [4.69, 9.17) is 11.6 Å². The molecule has 0 N–H and O–H groups in total. The normalized spacial score (nSPS) is 12.4. The minimum Gasteiger partial charge on any atom is -0.268 e. The Labute approximate surface area is 207 Å². The van der Waals surface area contributed by atoms with Gasteiger partial charge in [-0.3, -0.25) is 19.0 Å². The number of aromatic nitrogens is 7. The third kappa shape index (κ3) is 4.49. The van der Waals surface area contributed by atoms with E-state index in [2.05, 4.69) is 20.3 Å². The predicted octanol–water partition coefficient (Wildman–Crippen LogP) is 5.70. The van der Waals surface area contributed by atoms with E-state index >= 15 is 0 Å². The van der Waals surface area contributed by atoms with Crippen molar-refractivity contribution >= 4 is 11.6 Å². The number of nitrogens with zero attached hydrogens (tertiary/aromatic N) is 7. The highest BCUT2D eigenvalue weighted by Crippen LogP contribution is 2.36. The molecule has 0 aliphatic heterocycles. The largest absolute Gasteiger partial charge is 0.268 e. The van der Waals surface area contributed by atoms with Crippen LogP contribution >= 0.6 is 11.6 Å². The van der Waals surface area contributed by atoms with Crippen molar-refractivity contribution in [1.82, 2.24) is 34.3 Å². The van der Waals surface area contributed by atoms with Gasteiger partial charge in [-0.05, 0) is 18.2 Å². The highest BCUT2D eigenvalue weighted by Gasteiger charge is 2.23. The van der Waals surface area contributed by atoms with Crippen molar-refractivity contribution < 1.29 is 17.6 Å². The lowest BCUT2D eigenvalue weighted by Crippen LogP contribution is -2.19. The van der Waals surface area contributed by atoms with Gasteiger partial charge in [0.2, 0.25) is 0 Å². The van der Waals surface area contributed by atoms with Gasteiger partial charge in [0, 0.05) is 47.9 Å². The van der Waals surface area contributed by atoms with Crippen molar-refractivity contribution in [3.05, 3.63) is 95.4 Å². The first-order chi connectivity index (χ1) is 17.3. The number of aryl methyl sites for hydroxylation is 1. The maximum atomic E-state index is 14.7. The molecular formula is C24H18ClF4N7. The van der Waals surface area contributed by atoms with E-state index in [-0.39, 0.29) is 22.7 Å². The number of hydrogen-bond donors (Lipinski definition) is 0. The Morgan fingerprint density at radius 1 is 0.917 bits per heavy atom. The first-order valence-corrected chi connectivity index (χ1v) is 11.1. The summed E-state index contributed by atoms with van der Waals surface area (Å²) in [5.74, 6) is -1.44. The molecule has 0 bridgehead atoms. The minimum absolute atomic E-state index is 0.147. The summed E-state index contributed by atoms with van der Waals surface area (Å²) in [6.45, 7) is 0.177. The Morgan fingerprint density at radius 2 is 1.75 bits per heavy atom. The number of benzene rings is 1. The molecule has 0 aliphatic rings. The lowest BCUT2D eigenvalue weighted by molar-refractivity contribution is 0.151. The molecule has 0 saturated carbocycles. The van der Waals surface area contributed by atoms with E-state index in [1.165, 1.54) is 23.1 Å². The summed E-state index contributed by atoms with van der Waals surface area (Å²) in [5, 5.41) is 12.4. The summed E-state index contributed by atoms with van der Waals surface area (Å²) in [5.41, 5.74) is 1.47. The third-order valence-corrected chi connectivity index (χ3v) is 6.07. The molecule has 36 heavy (non-hydrogen) atoms. The first-order valence-electron chi connectivity index (χ1n) is 10.7. The van der Waals surface area contributed by atoms with Crippen LogP contribution in [0.2, 0.25) is 5.02 Å². The van der Waals surface area contributed by atoms with Crippen LogP contribution < -0.4 is 0 Å². The van der Waals surface area contributed by atoms with Gasteiger partial charge < -0.3 is 0 Å². The summed E-state index contributed by atoms with van der Waals surface area (Å²) in [4.78, 5) is 4.43. The molecule has 1 unspecified atom stereocenters. The van der Waals surface area contributed by atoms with Crippen LogP contribution in [0, 0.1) is 11.6 Å². The molecular weight excluding hydrogens is 498 g/mol. The Balaban J connectivity index is 1.54. The Bertz CT molecular complexity index is 1510. The maximum Gasteiger partial charge on any atom is 0.264 e. The van der Waals surface area contributed by atoms with Crippen LogP contribution in [0.25, 0.3) is 22.4 Å². The molecule has 0 fully saturated rings. The van der Waals surface area contributed by atoms with Crippen LogP contribution in [0.4, 0.5) is 17.6 Å². The fraction of sp³-hybridized carbons (Fsp3) is 0.167. The number of halogens is 5. The van der Waals surface area contributed by atoms with Gasteiger partial charge in [-0.1, -0.05) is 23.7 Å². The van der Waals surface area contributed by atoms with Crippen LogP contribution in [0.15, 0.2) is 67.5 Å². The van der Waals surface area contributed by atoms with E-state index in [0.717, 1.165) is 29.6 Å². The van der Waals surface area contributed by atoms with Crippen LogP contribution in [-0.4, -0.2) is 34.3 Å². The smallest absolute Gasteiger partial charge is 0.264 e. The van der Waals surface area contributed by atoms with Crippen LogP contribution in [0.1, 0.15) is 23.7 Å². The first kappa shape index (κ1) is 23.7. The van der Waals surface area contributed by atoms with Crippen LogP contribution in [0.3, 0.4) is 0 Å². The molecule has 0 saturated heterocycles. The van der Waals surface area contributed by atoms with Crippen LogP contribution in [-0.2, 0) is 13.6 Å². The monoisotopic (exact) mass is 515 g/mol. The zero-order chi connectivity index (χ0) is 25.4. The standard InChI is InChI=1S/C24H18ClF4N7/c1-34-20(6-7-31-34)15-9-33-36(11-15)21(13-35-12-16(26)10-32-35)19-5-2-14(8-30-19)22-17(24(28)29)3-4-18(25)23(22)27/h2-12,21,24H,13H2,1H3. The second-order valence-corrected chi connectivity index (χ2v) is 8.45. The van der Waals surface area contributed by atoms with Gasteiger partial charge in [0.15, 0.2) is 5.82 Å². The van der Waals surface area contributed by atoms with Crippen molar-refractivity contribution in [2.24, 2.45) is 7.05 Å². The number of alkyl halides is 2. The Hall–Kier alpha value is -3.99.